The Balaban J connectivity index is -0.000000500. The van der Waals surface area contributed by atoms with E-state index in [1.54, 1.807) is 0 Å². The predicted molar refractivity (Wildman–Crippen MR) is 29.7 cm³/mol. The van der Waals surface area contributed by atoms with Gasteiger partial charge in [-0.3, -0.25) is 0 Å². The second-order valence-electron chi connectivity index (χ2n) is 1.50. The average molecular weight is 642 g/mol. The van der Waals surface area contributed by atoms with Gasteiger partial charge in [-0.2, -0.15) is 0 Å². The molecule has 0 saturated heterocycles. The Morgan fingerprint density at radius 2 is 1.00 bits per heavy atom. The van der Waals surface area contributed by atoms with E-state index in [-0.39, 0.29) is 55.3 Å². The smallest absolute Gasteiger partial charge is 0.808 e. The van der Waals surface area contributed by atoms with Crippen LogP contribution >= 0.6 is 38.4 Å². The first-order valence-electron chi connectivity index (χ1n) is 1.92. The minimum Gasteiger partial charge on any atom is -0.808 e. The van der Waals surface area contributed by atoms with E-state index in [0.717, 1.165) is 0 Å². The molecule has 0 rings (SSSR count). The van der Waals surface area contributed by atoms with Crippen molar-refractivity contribution in [2.75, 3.05) is 0 Å². The molecule has 0 aliphatic rings. The zero-order valence-electron chi connectivity index (χ0n) is 6.01. The Hall–Kier alpha value is 2.75. The molecular weight excluding hydrogens is 642 g/mol. The molecule has 0 saturated carbocycles. The molecule has 0 N–H and O–H groups in total. The van der Waals surface area contributed by atoms with Crippen LogP contribution in [0.4, 0.5) is 0 Å². The second kappa shape index (κ2) is 6.48. The molecule has 0 aromatic carbocycles. The van der Waals surface area contributed by atoms with Gasteiger partial charge in [0, 0.05) is 0 Å². The third-order valence-electron chi connectivity index (χ3n) is 0.659. The Morgan fingerprint density at radius 1 is 0.846 bits per heavy atom. The number of hydrogen-bond donors (Lipinski definition) is 0. The first-order valence-corrected chi connectivity index (χ1v) is 5.76. The Bertz CT molecular complexity index is 219. The van der Waals surface area contributed by atoms with Crippen molar-refractivity contribution in [1.29, 1.82) is 0 Å². The van der Waals surface area contributed by atoms with Crippen LogP contribution in [0.1, 0.15) is 0 Å². The van der Waals surface area contributed by atoms with E-state index >= 15 is 0 Å². The molecule has 0 aromatic rings. The van der Waals surface area contributed by atoms with E-state index in [1.807, 2.05) is 0 Å². The fourth-order valence-electron chi connectivity index (χ4n) is 0.150. The van der Waals surface area contributed by atoms with Crippen molar-refractivity contribution < 1.29 is 84.0 Å². The van der Waals surface area contributed by atoms with Gasteiger partial charge in [-0.05, 0) is 15.2 Å². The summed E-state index contributed by atoms with van der Waals surface area (Å²) in [5.41, 5.74) is 0. The van der Waals surface area contributed by atoms with Crippen molar-refractivity contribution >= 4 is 38.4 Å². The molecule has 68 valence electrons. The molecule has 0 bridgehead atoms. The van der Waals surface area contributed by atoms with Gasteiger partial charge >= 0.3 is 55.3 Å². The summed E-state index contributed by atoms with van der Waals surface area (Å²) in [5, 5.41) is 0. The minimum atomic E-state index is -5.85. The first kappa shape index (κ1) is 21.1. The van der Waals surface area contributed by atoms with Crippen molar-refractivity contribution in [2.45, 2.75) is 3.82 Å². The molecule has 0 aliphatic carbocycles. The van der Waals surface area contributed by atoms with Gasteiger partial charge in [0.25, 0.3) is 0 Å². The van der Waals surface area contributed by atoms with E-state index in [0.29, 0.717) is 0 Å². The van der Waals surface area contributed by atoms with Crippen LogP contribution in [0.2, 0.25) is 0 Å². The average Bonchev–Trinajstić information content (AvgIpc) is 1.58. The summed E-state index contributed by atoms with van der Waals surface area (Å²) >= 11 is 8.96. The van der Waals surface area contributed by atoms with Crippen LogP contribution in [-0.2, 0) is 64.5 Å². The summed E-state index contributed by atoms with van der Waals surface area (Å²) in [7, 11) is -11.7. The van der Waals surface area contributed by atoms with Crippen molar-refractivity contribution in [2.24, 2.45) is 0 Å². The van der Waals surface area contributed by atoms with Crippen LogP contribution in [-0.4, -0.2) is 3.82 Å². The quantitative estimate of drug-likeness (QED) is 0.193. The molecule has 0 spiro atoms. The summed E-state index contributed by atoms with van der Waals surface area (Å²) in [4.78, 5) is 39.7. The molecule has 0 amide bonds. The van der Waals surface area contributed by atoms with E-state index in [1.165, 1.54) is 0 Å². The Kier molecular flexibility index (Phi) is 10.5. The zero-order valence-corrected chi connectivity index (χ0v) is 20.3. The maximum absolute atomic E-state index is 9.94. The standard InChI is InChI=1S/CH4Cl2O6P2.2Hg/c2-1(3,10(4,5)6)11(7,8)9;;/h(H2,4,5,6)(H2,7,8,9);;/q;2*+2/p-4. The van der Waals surface area contributed by atoms with Crippen LogP contribution in [0.25, 0.3) is 0 Å². The molecule has 0 atom stereocenters. The molecule has 6 nitrogen and oxygen atoms in total. The van der Waals surface area contributed by atoms with E-state index in [9.17, 15) is 28.7 Å². The van der Waals surface area contributed by atoms with Gasteiger partial charge in [-0.15, -0.1) is 0 Å². The molecule has 0 aliphatic heterocycles. The van der Waals surface area contributed by atoms with Gasteiger partial charge in [0.15, 0.2) is 3.82 Å². The monoisotopic (exact) mass is 644 g/mol. The van der Waals surface area contributed by atoms with E-state index < -0.39 is 19.0 Å². The third-order valence-corrected chi connectivity index (χ3v) is 5.93. The Labute approximate surface area is 125 Å². The van der Waals surface area contributed by atoms with E-state index in [4.69, 9.17) is 0 Å². The molecule has 0 heterocycles. The van der Waals surface area contributed by atoms with Gasteiger partial charge < -0.3 is 28.7 Å². The summed E-state index contributed by atoms with van der Waals surface area (Å²) in [6.45, 7) is 0. The van der Waals surface area contributed by atoms with Gasteiger partial charge in [-0.25, -0.2) is 0 Å². The van der Waals surface area contributed by atoms with Crippen molar-refractivity contribution in [3.63, 3.8) is 0 Å². The topological polar surface area (TPSA) is 126 Å². The number of rotatable bonds is 2. The molecule has 0 radical (unpaired) electrons. The molecular formula is CCl2Hg2O6P2. The Morgan fingerprint density at radius 3 is 1.00 bits per heavy atom. The van der Waals surface area contributed by atoms with Crippen LogP contribution < -0.4 is 19.6 Å². The summed E-state index contributed by atoms with van der Waals surface area (Å²) in [6, 6.07) is 0. The summed E-state index contributed by atoms with van der Waals surface area (Å²) in [6.07, 6.45) is 0. The predicted octanol–water partition coefficient (Wildman–Crippen LogP) is -2.10. The van der Waals surface area contributed by atoms with Crippen LogP contribution in [0.15, 0.2) is 0 Å². The van der Waals surface area contributed by atoms with Gasteiger partial charge in [0.05, 0.1) is 0 Å². The van der Waals surface area contributed by atoms with Crippen LogP contribution in [0.3, 0.4) is 0 Å². The molecule has 0 fully saturated rings. The molecule has 13 heavy (non-hydrogen) atoms. The van der Waals surface area contributed by atoms with Gasteiger partial charge in [-0.1, -0.05) is 23.2 Å². The first-order chi connectivity index (χ1) is 4.50. The SMILES string of the molecule is O=P([O-])([O-])C(Cl)(Cl)P(=O)([O-])[O-].[Hg+2].[Hg+2]. The molecule has 0 aromatic heterocycles. The fourth-order valence-corrected chi connectivity index (χ4v) is 1.35. The minimum absolute atomic E-state index is 0. The van der Waals surface area contributed by atoms with Crippen molar-refractivity contribution in [1.82, 2.24) is 0 Å². The largest absolute Gasteiger partial charge is 2.00 e. The fraction of sp³-hybridized carbons (Fsp3) is 1.00. The molecule has 0 unspecified atom stereocenters. The zero-order chi connectivity index (χ0) is 9.50. The van der Waals surface area contributed by atoms with Crippen LogP contribution in [0.5, 0.6) is 0 Å². The van der Waals surface area contributed by atoms with Gasteiger partial charge in [0.1, 0.15) is 0 Å². The van der Waals surface area contributed by atoms with Crippen molar-refractivity contribution in [3.8, 4) is 0 Å². The normalized spacial score (nSPS) is 12.8. The maximum Gasteiger partial charge on any atom is 2.00 e. The van der Waals surface area contributed by atoms with Gasteiger partial charge in [0.2, 0.25) is 0 Å². The molecule has 12 heteroatoms. The number of halogens is 2. The number of hydrogen-bond acceptors (Lipinski definition) is 6. The second-order valence-corrected chi connectivity index (χ2v) is 7.57. The summed E-state index contributed by atoms with van der Waals surface area (Å²) < 4.78 is 16.1. The third kappa shape index (κ3) is 5.57. The number of alkyl halides is 2. The van der Waals surface area contributed by atoms with E-state index in [2.05, 4.69) is 23.2 Å². The summed E-state index contributed by atoms with van der Waals surface area (Å²) in [5.74, 6) is 0. The van der Waals surface area contributed by atoms with Crippen LogP contribution in [0, 0.1) is 0 Å². The maximum atomic E-state index is 9.94. The van der Waals surface area contributed by atoms with Crippen molar-refractivity contribution in [3.05, 3.63) is 0 Å².